The van der Waals surface area contributed by atoms with Crippen LogP contribution in [0.5, 0.6) is 0 Å². The first-order valence-electron chi connectivity index (χ1n) is 12.6. The van der Waals surface area contributed by atoms with Crippen LogP contribution in [0.3, 0.4) is 0 Å². The Hall–Kier alpha value is -4.00. The Morgan fingerprint density at radius 2 is 1.24 bits per heavy atom. The number of nitrogens with zero attached hydrogens (tertiary/aromatic N) is 3. The number of hydrogen-bond donors (Lipinski definition) is 0. The van der Waals surface area contributed by atoms with Crippen molar-refractivity contribution in [3.8, 4) is 0 Å². The molecule has 0 radical (unpaired) electrons. The number of piperazine rings is 1. The van der Waals surface area contributed by atoms with E-state index in [1.54, 1.807) is 41.3 Å². The summed E-state index contributed by atoms with van der Waals surface area (Å²) in [5, 5.41) is 0.490. The SMILES string of the molecule is O=C(c1ccc(Cl)cc1)C(C(=O)N1CCN(C(c2ccccc2)c2ccccc2)CC1)n1ccccc1=O. The number of benzene rings is 3. The molecular formula is C31H28ClN3O3. The number of halogens is 1. The van der Waals surface area contributed by atoms with E-state index in [1.165, 1.54) is 28.0 Å². The molecule has 1 atom stereocenters. The average molecular weight is 526 g/mol. The molecule has 4 aromatic rings. The highest BCUT2D eigenvalue weighted by Crippen LogP contribution is 2.30. The molecule has 0 aliphatic carbocycles. The van der Waals surface area contributed by atoms with E-state index in [0.29, 0.717) is 36.8 Å². The van der Waals surface area contributed by atoms with Crippen LogP contribution in [0, 0.1) is 0 Å². The van der Waals surface area contributed by atoms with Crippen molar-refractivity contribution >= 4 is 23.3 Å². The second-order valence-electron chi connectivity index (χ2n) is 9.30. The number of Topliss-reactive ketones (excluding diaryl/α,β-unsaturated/α-hetero) is 1. The first kappa shape index (κ1) is 25.6. The number of aromatic nitrogens is 1. The Kier molecular flexibility index (Phi) is 7.82. The van der Waals surface area contributed by atoms with Gasteiger partial charge in [-0.15, -0.1) is 0 Å². The van der Waals surface area contributed by atoms with Gasteiger partial charge in [-0.2, -0.15) is 0 Å². The van der Waals surface area contributed by atoms with E-state index in [2.05, 4.69) is 29.2 Å². The number of carbonyl (C=O) groups excluding carboxylic acids is 2. The summed E-state index contributed by atoms with van der Waals surface area (Å²) in [5.74, 6) is -0.817. The van der Waals surface area contributed by atoms with Crippen LogP contribution in [0.1, 0.15) is 33.6 Å². The molecule has 0 N–H and O–H groups in total. The molecule has 1 amide bonds. The Balaban J connectivity index is 1.40. The van der Waals surface area contributed by atoms with Crippen LogP contribution in [0.25, 0.3) is 0 Å². The lowest BCUT2D eigenvalue weighted by atomic mass is 9.96. The number of pyridine rings is 1. The molecular weight excluding hydrogens is 498 g/mol. The Morgan fingerprint density at radius 3 is 1.79 bits per heavy atom. The molecule has 0 bridgehead atoms. The maximum Gasteiger partial charge on any atom is 0.253 e. The lowest BCUT2D eigenvalue weighted by molar-refractivity contribution is -0.135. The predicted molar refractivity (Wildman–Crippen MR) is 148 cm³/mol. The van der Waals surface area contributed by atoms with Gasteiger partial charge in [0.05, 0.1) is 6.04 Å². The van der Waals surface area contributed by atoms with Gasteiger partial charge in [0.25, 0.3) is 11.5 Å². The molecule has 1 fully saturated rings. The summed E-state index contributed by atoms with van der Waals surface area (Å²) in [7, 11) is 0. The monoisotopic (exact) mass is 525 g/mol. The van der Waals surface area contributed by atoms with Gasteiger partial charge in [-0.05, 0) is 41.5 Å². The second kappa shape index (κ2) is 11.6. The van der Waals surface area contributed by atoms with Crippen LogP contribution in [-0.4, -0.2) is 52.2 Å². The molecule has 1 saturated heterocycles. The number of ketones is 1. The molecule has 0 spiro atoms. The largest absolute Gasteiger partial charge is 0.338 e. The van der Waals surface area contributed by atoms with Crippen LogP contribution in [-0.2, 0) is 4.79 Å². The molecule has 1 aliphatic rings. The average Bonchev–Trinajstić information content (AvgIpc) is 2.96. The zero-order valence-electron chi connectivity index (χ0n) is 20.8. The summed E-state index contributed by atoms with van der Waals surface area (Å²) in [6, 6.07) is 30.4. The molecule has 0 saturated carbocycles. The van der Waals surface area contributed by atoms with Crippen molar-refractivity contribution in [2.75, 3.05) is 26.2 Å². The van der Waals surface area contributed by atoms with E-state index >= 15 is 0 Å². The van der Waals surface area contributed by atoms with Gasteiger partial charge in [0.15, 0.2) is 11.8 Å². The fraction of sp³-hybridized carbons (Fsp3) is 0.194. The van der Waals surface area contributed by atoms with Crippen molar-refractivity contribution in [3.63, 3.8) is 0 Å². The summed E-state index contributed by atoms with van der Waals surface area (Å²) in [6.45, 7) is 2.15. The summed E-state index contributed by atoms with van der Waals surface area (Å²) in [6.07, 6.45) is 1.50. The normalized spacial score (nSPS) is 14.8. The summed E-state index contributed by atoms with van der Waals surface area (Å²) in [5.41, 5.74) is 2.30. The minimum Gasteiger partial charge on any atom is -0.338 e. The highest BCUT2D eigenvalue weighted by atomic mass is 35.5. The zero-order chi connectivity index (χ0) is 26.5. The van der Waals surface area contributed by atoms with Gasteiger partial charge in [0.2, 0.25) is 0 Å². The van der Waals surface area contributed by atoms with E-state index in [4.69, 9.17) is 11.6 Å². The first-order valence-corrected chi connectivity index (χ1v) is 13.0. The minimum absolute atomic E-state index is 0.0536. The third-order valence-electron chi connectivity index (χ3n) is 6.96. The van der Waals surface area contributed by atoms with Crippen molar-refractivity contribution in [1.29, 1.82) is 0 Å². The molecule has 192 valence electrons. The Bertz CT molecular complexity index is 1410. The summed E-state index contributed by atoms with van der Waals surface area (Å²) >= 11 is 6.00. The molecule has 6 nitrogen and oxygen atoms in total. The number of hydrogen-bond acceptors (Lipinski definition) is 4. The third-order valence-corrected chi connectivity index (χ3v) is 7.21. The molecule has 2 heterocycles. The fourth-order valence-corrected chi connectivity index (χ4v) is 5.17. The van der Waals surface area contributed by atoms with Gasteiger partial charge in [-0.25, -0.2) is 0 Å². The van der Waals surface area contributed by atoms with Crippen LogP contribution >= 0.6 is 11.6 Å². The van der Waals surface area contributed by atoms with Gasteiger partial charge in [0.1, 0.15) is 0 Å². The predicted octanol–water partition coefficient (Wildman–Crippen LogP) is 4.86. The van der Waals surface area contributed by atoms with Crippen molar-refractivity contribution in [2.45, 2.75) is 12.1 Å². The molecule has 1 aromatic heterocycles. The van der Waals surface area contributed by atoms with Crippen LogP contribution < -0.4 is 5.56 Å². The highest BCUT2D eigenvalue weighted by molar-refractivity contribution is 6.30. The summed E-state index contributed by atoms with van der Waals surface area (Å²) in [4.78, 5) is 44.2. The Labute approximate surface area is 226 Å². The molecule has 1 aliphatic heterocycles. The van der Waals surface area contributed by atoms with E-state index in [1.807, 2.05) is 36.4 Å². The van der Waals surface area contributed by atoms with E-state index < -0.39 is 17.4 Å². The quantitative estimate of drug-likeness (QED) is 0.255. The van der Waals surface area contributed by atoms with Crippen LogP contribution in [0.4, 0.5) is 0 Å². The fourth-order valence-electron chi connectivity index (χ4n) is 5.04. The van der Waals surface area contributed by atoms with Crippen molar-refractivity contribution in [3.05, 3.63) is 141 Å². The second-order valence-corrected chi connectivity index (χ2v) is 9.74. The van der Waals surface area contributed by atoms with Crippen LogP contribution in [0.15, 0.2) is 114 Å². The molecule has 1 unspecified atom stereocenters. The lowest BCUT2D eigenvalue weighted by Crippen LogP contribution is -2.53. The number of amides is 1. The first-order chi connectivity index (χ1) is 18.5. The smallest absolute Gasteiger partial charge is 0.253 e. The molecule has 7 heteroatoms. The standard InChI is InChI=1S/C31H28ClN3O3/c32-26-16-14-25(15-17-26)30(37)29(35-18-8-7-13-27(35)36)31(38)34-21-19-33(20-22-34)28(23-9-3-1-4-10-23)24-11-5-2-6-12-24/h1-18,28-29H,19-22H2. The Morgan fingerprint density at radius 1 is 0.684 bits per heavy atom. The summed E-state index contributed by atoms with van der Waals surface area (Å²) < 4.78 is 1.22. The van der Waals surface area contributed by atoms with Crippen LogP contribution in [0.2, 0.25) is 5.02 Å². The maximum absolute atomic E-state index is 13.8. The van der Waals surface area contributed by atoms with Crippen molar-refractivity contribution < 1.29 is 9.59 Å². The molecule has 5 rings (SSSR count). The van der Waals surface area contributed by atoms with Crippen molar-refractivity contribution in [2.24, 2.45) is 0 Å². The topological polar surface area (TPSA) is 62.6 Å². The van der Waals surface area contributed by atoms with E-state index in [0.717, 1.165) is 0 Å². The molecule has 3 aromatic carbocycles. The number of rotatable bonds is 7. The third kappa shape index (κ3) is 5.47. The van der Waals surface area contributed by atoms with Crippen molar-refractivity contribution in [1.82, 2.24) is 14.4 Å². The lowest BCUT2D eigenvalue weighted by Gasteiger charge is -2.40. The van der Waals surface area contributed by atoms with Gasteiger partial charge in [0, 0.05) is 49.0 Å². The molecule has 38 heavy (non-hydrogen) atoms. The van der Waals surface area contributed by atoms with Gasteiger partial charge in [-0.3, -0.25) is 23.9 Å². The maximum atomic E-state index is 13.8. The highest BCUT2D eigenvalue weighted by Gasteiger charge is 2.36. The van der Waals surface area contributed by atoms with E-state index in [9.17, 15) is 14.4 Å². The number of carbonyl (C=O) groups is 2. The van der Waals surface area contributed by atoms with E-state index in [-0.39, 0.29) is 11.9 Å². The van der Waals surface area contributed by atoms with Gasteiger partial charge in [-0.1, -0.05) is 78.3 Å². The van der Waals surface area contributed by atoms with Gasteiger partial charge < -0.3 is 4.90 Å². The van der Waals surface area contributed by atoms with Gasteiger partial charge >= 0.3 is 0 Å². The zero-order valence-corrected chi connectivity index (χ0v) is 21.6. The minimum atomic E-state index is -1.28.